The molecule has 0 bridgehead atoms. The Kier molecular flexibility index (Phi) is 5.43. The van der Waals surface area contributed by atoms with E-state index in [0.29, 0.717) is 24.9 Å². The number of hydrogen-bond acceptors (Lipinski definition) is 6. The van der Waals surface area contributed by atoms with Crippen molar-refractivity contribution in [1.29, 1.82) is 0 Å². The highest BCUT2D eigenvalue weighted by atomic mass is 32.1. The summed E-state index contributed by atoms with van der Waals surface area (Å²) >= 11 is 1.51. The van der Waals surface area contributed by atoms with Crippen LogP contribution < -0.4 is 10.1 Å². The smallest absolute Gasteiger partial charge is 0.228 e. The maximum absolute atomic E-state index is 11.8. The molecule has 2 aromatic rings. The van der Waals surface area contributed by atoms with Crippen molar-refractivity contribution in [2.45, 2.75) is 26.3 Å². The van der Waals surface area contributed by atoms with Crippen LogP contribution in [0.3, 0.4) is 0 Å². The van der Waals surface area contributed by atoms with Gasteiger partial charge in [0, 0.05) is 23.8 Å². The van der Waals surface area contributed by atoms with E-state index in [9.17, 15) is 4.79 Å². The largest absolute Gasteiger partial charge is 0.478 e. The van der Waals surface area contributed by atoms with Crippen molar-refractivity contribution in [2.75, 3.05) is 6.61 Å². The third kappa shape index (κ3) is 4.58. The van der Waals surface area contributed by atoms with Crippen LogP contribution in [0.15, 0.2) is 23.8 Å². The molecule has 0 saturated heterocycles. The maximum Gasteiger partial charge on any atom is 0.228 e. The van der Waals surface area contributed by atoms with Gasteiger partial charge in [-0.3, -0.25) is 4.79 Å². The topological polar surface area (TPSA) is 77.0 Å². The average Bonchev–Trinajstić information content (AvgIpc) is 2.97. The summed E-state index contributed by atoms with van der Waals surface area (Å²) in [5.41, 5.74) is 0. The van der Waals surface area contributed by atoms with Crippen molar-refractivity contribution in [3.63, 3.8) is 0 Å². The number of amides is 1. The maximum atomic E-state index is 11.8. The average molecular weight is 292 g/mol. The first-order valence-corrected chi connectivity index (χ1v) is 7.25. The van der Waals surface area contributed by atoms with Gasteiger partial charge in [0.25, 0.3) is 0 Å². The number of carbonyl (C=O) groups is 1. The highest BCUT2D eigenvalue weighted by Crippen LogP contribution is 2.06. The van der Waals surface area contributed by atoms with Gasteiger partial charge in [-0.2, -0.15) is 4.98 Å². The number of ether oxygens (including phenoxy) is 1. The molecule has 1 amide bonds. The van der Waals surface area contributed by atoms with Crippen LogP contribution in [0.5, 0.6) is 5.88 Å². The highest BCUT2D eigenvalue weighted by Gasteiger charge is 2.07. The lowest BCUT2D eigenvalue weighted by Crippen LogP contribution is -2.25. The molecule has 1 N–H and O–H groups in total. The number of nitrogens with one attached hydrogen (secondary N) is 1. The molecule has 0 spiro atoms. The van der Waals surface area contributed by atoms with Crippen molar-refractivity contribution in [1.82, 2.24) is 20.3 Å². The standard InChI is InChI=1S/C13H16N4O2S/c1-2-6-19-12-3-4-14-10(17-12)8-11(18)16-9-13-15-5-7-20-13/h3-5,7H,2,6,8-9H2,1H3,(H,16,18). The number of carbonyl (C=O) groups excluding carboxylic acids is 1. The summed E-state index contributed by atoms with van der Waals surface area (Å²) in [5.74, 6) is 0.827. The van der Waals surface area contributed by atoms with Gasteiger partial charge in [-0.05, 0) is 6.42 Å². The predicted molar refractivity (Wildman–Crippen MR) is 75.5 cm³/mol. The summed E-state index contributed by atoms with van der Waals surface area (Å²) in [6.07, 6.45) is 4.35. The van der Waals surface area contributed by atoms with Gasteiger partial charge in [0.05, 0.1) is 19.6 Å². The first kappa shape index (κ1) is 14.4. The Morgan fingerprint density at radius 2 is 2.30 bits per heavy atom. The Morgan fingerprint density at radius 1 is 1.40 bits per heavy atom. The molecule has 7 heteroatoms. The molecule has 2 heterocycles. The van der Waals surface area contributed by atoms with Crippen LogP contribution in [-0.2, 0) is 17.8 Å². The van der Waals surface area contributed by atoms with Crippen molar-refractivity contribution in [3.8, 4) is 5.88 Å². The Labute approximate surface area is 121 Å². The minimum absolute atomic E-state index is 0.132. The summed E-state index contributed by atoms with van der Waals surface area (Å²) in [6, 6.07) is 1.69. The monoisotopic (exact) mass is 292 g/mol. The molecule has 0 atom stereocenters. The van der Waals surface area contributed by atoms with Crippen LogP contribution in [0, 0.1) is 0 Å². The van der Waals surface area contributed by atoms with Gasteiger partial charge in [-0.25, -0.2) is 9.97 Å². The van der Waals surface area contributed by atoms with Crippen LogP contribution in [0.4, 0.5) is 0 Å². The molecule has 0 aliphatic heterocycles. The van der Waals surface area contributed by atoms with Crippen molar-refractivity contribution >= 4 is 17.2 Å². The molecule has 2 aromatic heterocycles. The van der Waals surface area contributed by atoms with Crippen LogP contribution in [-0.4, -0.2) is 27.5 Å². The second kappa shape index (κ2) is 7.54. The van der Waals surface area contributed by atoms with Crippen LogP contribution in [0.25, 0.3) is 0 Å². The van der Waals surface area contributed by atoms with Gasteiger partial charge in [-0.1, -0.05) is 6.92 Å². The van der Waals surface area contributed by atoms with E-state index in [1.54, 1.807) is 18.5 Å². The zero-order valence-corrected chi connectivity index (χ0v) is 12.0. The zero-order chi connectivity index (χ0) is 14.2. The molecule has 0 aliphatic rings. The van der Waals surface area contributed by atoms with Gasteiger partial charge < -0.3 is 10.1 Å². The minimum Gasteiger partial charge on any atom is -0.478 e. The predicted octanol–water partition coefficient (Wildman–Crippen LogP) is 1.58. The normalized spacial score (nSPS) is 10.2. The Hall–Kier alpha value is -2.02. The Balaban J connectivity index is 1.84. The number of nitrogens with zero attached hydrogens (tertiary/aromatic N) is 3. The lowest BCUT2D eigenvalue weighted by Gasteiger charge is -2.05. The van der Waals surface area contributed by atoms with E-state index in [1.165, 1.54) is 11.3 Å². The van der Waals surface area contributed by atoms with E-state index in [4.69, 9.17) is 4.74 Å². The highest BCUT2D eigenvalue weighted by molar-refractivity contribution is 7.09. The van der Waals surface area contributed by atoms with Crippen LogP contribution in [0.1, 0.15) is 24.2 Å². The quantitative estimate of drug-likeness (QED) is 0.838. The van der Waals surface area contributed by atoms with E-state index in [0.717, 1.165) is 11.4 Å². The lowest BCUT2D eigenvalue weighted by molar-refractivity contribution is -0.120. The molecular weight excluding hydrogens is 276 g/mol. The SMILES string of the molecule is CCCOc1ccnc(CC(=O)NCc2nccs2)n1. The molecule has 0 saturated carbocycles. The molecule has 6 nitrogen and oxygen atoms in total. The number of hydrogen-bond donors (Lipinski definition) is 1. The second-order valence-electron chi connectivity index (χ2n) is 4.04. The first-order chi connectivity index (χ1) is 9.78. The summed E-state index contributed by atoms with van der Waals surface area (Å²) in [4.78, 5) is 24.1. The summed E-state index contributed by atoms with van der Waals surface area (Å²) in [7, 11) is 0. The first-order valence-electron chi connectivity index (χ1n) is 6.37. The van der Waals surface area contributed by atoms with Crippen LogP contribution in [0.2, 0.25) is 0 Å². The number of thiazole rings is 1. The summed E-state index contributed by atoms with van der Waals surface area (Å²) < 4.78 is 5.41. The van der Waals surface area contributed by atoms with Gasteiger partial charge in [0.2, 0.25) is 11.8 Å². The molecule has 0 unspecified atom stereocenters. The third-order valence-corrected chi connectivity index (χ3v) is 3.15. The van der Waals surface area contributed by atoms with Crippen LogP contribution >= 0.6 is 11.3 Å². The third-order valence-electron chi connectivity index (χ3n) is 2.37. The Morgan fingerprint density at radius 3 is 3.05 bits per heavy atom. The molecule has 0 radical (unpaired) electrons. The van der Waals surface area contributed by atoms with E-state index >= 15 is 0 Å². The van der Waals surface area contributed by atoms with Gasteiger partial charge in [0.15, 0.2) is 0 Å². The number of rotatable bonds is 7. The van der Waals surface area contributed by atoms with Gasteiger partial charge >= 0.3 is 0 Å². The fraction of sp³-hybridized carbons (Fsp3) is 0.385. The van der Waals surface area contributed by atoms with Crippen molar-refractivity contribution < 1.29 is 9.53 Å². The van der Waals surface area contributed by atoms with Crippen molar-refractivity contribution in [3.05, 3.63) is 34.7 Å². The van der Waals surface area contributed by atoms with E-state index < -0.39 is 0 Å². The Bertz CT molecular complexity index is 545. The number of aromatic nitrogens is 3. The van der Waals surface area contributed by atoms with E-state index in [-0.39, 0.29) is 12.3 Å². The fourth-order valence-electron chi connectivity index (χ4n) is 1.47. The summed E-state index contributed by atoms with van der Waals surface area (Å²) in [5, 5.41) is 5.53. The molecule has 20 heavy (non-hydrogen) atoms. The minimum atomic E-state index is -0.132. The lowest BCUT2D eigenvalue weighted by atomic mass is 10.3. The fourth-order valence-corrected chi connectivity index (χ4v) is 2.03. The van der Waals surface area contributed by atoms with E-state index in [1.807, 2.05) is 12.3 Å². The molecule has 0 aliphatic carbocycles. The summed E-state index contributed by atoms with van der Waals surface area (Å²) in [6.45, 7) is 3.06. The van der Waals surface area contributed by atoms with Gasteiger partial charge in [0.1, 0.15) is 10.8 Å². The molecule has 0 aromatic carbocycles. The molecule has 2 rings (SSSR count). The van der Waals surface area contributed by atoms with Gasteiger partial charge in [-0.15, -0.1) is 11.3 Å². The van der Waals surface area contributed by atoms with Crippen molar-refractivity contribution in [2.24, 2.45) is 0 Å². The second-order valence-corrected chi connectivity index (χ2v) is 5.02. The van der Waals surface area contributed by atoms with E-state index in [2.05, 4.69) is 20.3 Å². The molecule has 0 fully saturated rings. The molecule has 106 valence electrons. The zero-order valence-electron chi connectivity index (χ0n) is 11.2. The molecular formula is C13H16N4O2S.